The summed E-state index contributed by atoms with van der Waals surface area (Å²) in [5.41, 5.74) is 3.06. The summed E-state index contributed by atoms with van der Waals surface area (Å²) in [6.07, 6.45) is 3.97. The third-order valence-electron chi connectivity index (χ3n) is 3.51. The molecule has 3 rings (SSSR count). The Kier molecular flexibility index (Phi) is 5.25. The van der Waals surface area contributed by atoms with E-state index in [-0.39, 0.29) is 0 Å². The first kappa shape index (κ1) is 15.8. The molecule has 120 valence electrons. The normalized spacial score (nSPS) is 10.7. The van der Waals surface area contributed by atoms with E-state index in [4.69, 9.17) is 9.47 Å². The van der Waals surface area contributed by atoms with Gasteiger partial charge in [-0.25, -0.2) is 4.98 Å². The summed E-state index contributed by atoms with van der Waals surface area (Å²) >= 11 is 0. The Bertz CT molecular complexity index is 813. The van der Waals surface area contributed by atoms with E-state index in [9.17, 15) is 0 Å². The van der Waals surface area contributed by atoms with Crippen LogP contribution in [0.25, 0.3) is 12.2 Å². The van der Waals surface area contributed by atoms with Crippen molar-refractivity contribution in [2.75, 3.05) is 7.11 Å². The molecule has 0 amide bonds. The van der Waals surface area contributed by atoms with Gasteiger partial charge in [0.15, 0.2) is 0 Å². The predicted molar refractivity (Wildman–Crippen MR) is 96.9 cm³/mol. The number of benzene rings is 2. The number of pyridine rings is 1. The summed E-state index contributed by atoms with van der Waals surface area (Å²) in [4.78, 5) is 4.36. The lowest BCUT2D eigenvalue weighted by Gasteiger charge is -2.07. The topological polar surface area (TPSA) is 31.4 Å². The minimum absolute atomic E-state index is 0.561. The molecule has 0 bridgehead atoms. The molecule has 0 aliphatic rings. The summed E-state index contributed by atoms with van der Waals surface area (Å²) in [6.45, 7) is 0.561. The number of rotatable bonds is 6. The maximum Gasteiger partial charge on any atom is 0.213 e. The van der Waals surface area contributed by atoms with Crippen molar-refractivity contribution >= 4 is 12.2 Å². The zero-order valence-corrected chi connectivity index (χ0v) is 13.6. The van der Waals surface area contributed by atoms with Gasteiger partial charge in [-0.1, -0.05) is 54.6 Å². The van der Waals surface area contributed by atoms with Crippen LogP contribution in [0.15, 0.2) is 72.8 Å². The lowest BCUT2D eigenvalue weighted by molar-refractivity contribution is 0.306. The highest BCUT2D eigenvalue weighted by atomic mass is 16.5. The molecule has 2 aromatic carbocycles. The van der Waals surface area contributed by atoms with Crippen LogP contribution >= 0.6 is 0 Å². The maximum absolute atomic E-state index is 5.85. The van der Waals surface area contributed by atoms with Gasteiger partial charge in [-0.2, -0.15) is 0 Å². The second-order valence-corrected chi connectivity index (χ2v) is 5.28. The van der Waals surface area contributed by atoms with Crippen LogP contribution < -0.4 is 9.47 Å². The van der Waals surface area contributed by atoms with Gasteiger partial charge in [-0.05, 0) is 35.4 Å². The summed E-state index contributed by atoms with van der Waals surface area (Å²) in [5.74, 6) is 1.46. The number of methoxy groups -OCH3 is 1. The van der Waals surface area contributed by atoms with E-state index in [1.807, 2.05) is 72.8 Å². The summed E-state index contributed by atoms with van der Waals surface area (Å²) in [7, 11) is 1.61. The Morgan fingerprint density at radius 1 is 0.875 bits per heavy atom. The summed E-state index contributed by atoms with van der Waals surface area (Å²) in [6, 6.07) is 23.8. The van der Waals surface area contributed by atoms with E-state index in [0.717, 1.165) is 22.6 Å². The predicted octanol–water partition coefficient (Wildman–Crippen LogP) is 4.84. The van der Waals surface area contributed by atoms with Crippen LogP contribution in [0.4, 0.5) is 0 Å². The van der Waals surface area contributed by atoms with Gasteiger partial charge in [0.05, 0.1) is 12.8 Å². The van der Waals surface area contributed by atoms with Crippen LogP contribution in [-0.2, 0) is 6.61 Å². The first-order valence-electron chi connectivity index (χ1n) is 7.79. The standard InChI is InChI=1S/C21H19NO2/c1-23-21-12-6-10-19(22-21)14-13-17-9-5-11-20(15-17)24-16-18-7-3-2-4-8-18/h2-15H,16H2,1H3/b14-13+. The molecule has 0 unspecified atom stereocenters. The minimum Gasteiger partial charge on any atom is -0.489 e. The molecular formula is C21H19NO2. The average molecular weight is 317 g/mol. The Labute approximate surface area is 142 Å². The van der Waals surface area contributed by atoms with Gasteiger partial charge < -0.3 is 9.47 Å². The van der Waals surface area contributed by atoms with Crippen molar-refractivity contribution < 1.29 is 9.47 Å². The van der Waals surface area contributed by atoms with Crippen LogP contribution in [0.2, 0.25) is 0 Å². The Morgan fingerprint density at radius 2 is 1.71 bits per heavy atom. The van der Waals surface area contributed by atoms with Crippen molar-refractivity contribution in [3.8, 4) is 11.6 Å². The Balaban J connectivity index is 1.67. The number of hydrogen-bond donors (Lipinski definition) is 0. The molecule has 0 spiro atoms. The first-order chi connectivity index (χ1) is 11.8. The lowest BCUT2D eigenvalue weighted by atomic mass is 10.2. The van der Waals surface area contributed by atoms with Crippen LogP contribution in [-0.4, -0.2) is 12.1 Å². The number of hydrogen-bond acceptors (Lipinski definition) is 3. The van der Waals surface area contributed by atoms with Gasteiger partial charge in [-0.15, -0.1) is 0 Å². The smallest absolute Gasteiger partial charge is 0.213 e. The zero-order chi connectivity index (χ0) is 16.6. The van der Waals surface area contributed by atoms with Gasteiger partial charge in [0.1, 0.15) is 12.4 Å². The van der Waals surface area contributed by atoms with Crippen LogP contribution in [0.3, 0.4) is 0 Å². The van der Waals surface area contributed by atoms with E-state index >= 15 is 0 Å². The molecule has 0 aliphatic heterocycles. The van der Waals surface area contributed by atoms with E-state index in [0.29, 0.717) is 12.5 Å². The molecule has 1 aromatic heterocycles. The Morgan fingerprint density at radius 3 is 2.54 bits per heavy atom. The van der Waals surface area contributed by atoms with Gasteiger partial charge >= 0.3 is 0 Å². The molecule has 0 N–H and O–H groups in total. The van der Waals surface area contributed by atoms with Crippen molar-refractivity contribution in [2.24, 2.45) is 0 Å². The maximum atomic E-state index is 5.85. The highest BCUT2D eigenvalue weighted by Crippen LogP contribution is 2.17. The van der Waals surface area contributed by atoms with E-state index in [2.05, 4.69) is 17.1 Å². The molecule has 0 fully saturated rings. The summed E-state index contributed by atoms with van der Waals surface area (Å²) < 4.78 is 11.0. The quantitative estimate of drug-likeness (QED) is 0.652. The molecule has 24 heavy (non-hydrogen) atoms. The molecular weight excluding hydrogens is 298 g/mol. The largest absolute Gasteiger partial charge is 0.489 e. The van der Waals surface area contributed by atoms with Gasteiger partial charge in [0.25, 0.3) is 0 Å². The second-order valence-electron chi connectivity index (χ2n) is 5.28. The third-order valence-corrected chi connectivity index (χ3v) is 3.51. The van der Waals surface area contributed by atoms with Gasteiger partial charge in [0, 0.05) is 6.07 Å². The van der Waals surface area contributed by atoms with Crippen molar-refractivity contribution in [3.63, 3.8) is 0 Å². The Hall–Kier alpha value is -3.07. The van der Waals surface area contributed by atoms with Crippen molar-refractivity contribution in [2.45, 2.75) is 6.61 Å². The van der Waals surface area contributed by atoms with Gasteiger partial charge in [-0.3, -0.25) is 0 Å². The molecule has 1 heterocycles. The minimum atomic E-state index is 0.561. The molecule has 0 atom stereocenters. The van der Waals surface area contributed by atoms with E-state index in [1.165, 1.54) is 0 Å². The third kappa shape index (κ3) is 4.46. The van der Waals surface area contributed by atoms with Crippen LogP contribution in [0, 0.1) is 0 Å². The molecule has 3 aromatic rings. The molecule has 0 saturated carbocycles. The highest BCUT2D eigenvalue weighted by molar-refractivity contribution is 5.68. The second kappa shape index (κ2) is 7.97. The molecule has 0 saturated heterocycles. The monoisotopic (exact) mass is 317 g/mol. The van der Waals surface area contributed by atoms with E-state index in [1.54, 1.807) is 7.11 Å². The van der Waals surface area contributed by atoms with Crippen molar-refractivity contribution in [1.29, 1.82) is 0 Å². The van der Waals surface area contributed by atoms with E-state index < -0.39 is 0 Å². The number of ether oxygens (including phenoxy) is 2. The van der Waals surface area contributed by atoms with Crippen LogP contribution in [0.1, 0.15) is 16.8 Å². The zero-order valence-electron chi connectivity index (χ0n) is 13.6. The average Bonchev–Trinajstić information content (AvgIpc) is 2.66. The molecule has 3 heteroatoms. The number of aromatic nitrogens is 1. The molecule has 0 radical (unpaired) electrons. The fourth-order valence-corrected chi connectivity index (χ4v) is 2.27. The van der Waals surface area contributed by atoms with Crippen LogP contribution in [0.5, 0.6) is 11.6 Å². The van der Waals surface area contributed by atoms with Crippen molar-refractivity contribution in [1.82, 2.24) is 4.98 Å². The number of nitrogens with zero attached hydrogens (tertiary/aromatic N) is 1. The first-order valence-corrected chi connectivity index (χ1v) is 7.79. The highest BCUT2D eigenvalue weighted by Gasteiger charge is 1.97. The van der Waals surface area contributed by atoms with Crippen molar-refractivity contribution in [3.05, 3.63) is 89.6 Å². The fraction of sp³-hybridized carbons (Fsp3) is 0.0952. The molecule has 0 aliphatic carbocycles. The molecule has 3 nitrogen and oxygen atoms in total. The summed E-state index contributed by atoms with van der Waals surface area (Å²) in [5, 5.41) is 0. The fourth-order valence-electron chi connectivity index (χ4n) is 2.27. The SMILES string of the molecule is COc1cccc(/C=C/c2cccc(OCc3ccccc3)c2)n1. The lowest BCUT2D eigenvalue weighted by Crippen LogP contribution is -1.94. The van der Waals surface area contributed by atoms with Gasteiger partial charge in [0.2, 0.25) is 5.88 Å².